The molecule has 1 aliphatic carbocycles. The molecule has 1 fully saturated rings. The summed E-state index contributed by atoms with van der Waals surface area (Å²) in [5, 5.41) is 2.96. The second-order valence-corrected chi connectivity index (χ2v) is 6.95. The number of amides is 1. The Morgan fingerprint density at radius 1 is 1.25 bits per heavy atom. The molecule has 0 spiro atoms. The molecule has 1 aromatic carbocycles. The fourth-order valence-corrected chi connectivity index (χ4v) is 3.38. The van der Waals surface area contributed by atoms with Gasteiger partial charge in [-0.05, 0) is 57.4 Å². The summed E-state index contributed by atoms with van der Waals surface area (Å²) in [6, 6.07) is 7.84. The molecule has 2 aromatic rings. The van der Waals surface area contributed by atoms with Crippen molar-refractivity contribution in [1.29, 1.82) is 0 Å². The van der Waals surface area contributed by atoms with E-state index in [0.29, 0.717) is 6.42 Å². The third-order valence-corrected chi connectivity index (χ3v) is 5.13. The minimum absolute atomic E-state index is 0.0362. The molecule has 5 nitrogen and oxygen atoms in total. The van der Waals surface area contributed by atoms with Gasteiger partial charge in [0.25, 0.3) is 0 Å². The van der Waals surface area contributed by atoms with Gasteiger partial charge in [0.1, 0.15) is 0 Å². The molecule has 1 aromatic heterocycles. The van der Waals surface area contributed by atoms with Gasteiger partial charge >= 0.3 is 0 Å². The number of hydrogen-bond donors (Lipinski definition) is 2. The quantitative estimate of drug-likeness (QED) is 0.883. The summed E-state index contributed by atoms with van der Waals surface area (Å²) >= 11 is 0. The minimum atomic E-state index is -0.127. The van der Waals surface area contributed by atoms with Crippen molar-refractivity contribution in [3.63, 3.8) is 0 Å². The van der Waals surface area contributed by atoms with Crippen molar-refractivity contribution < 1.29 is 4.79 Å². The van der Waals surface area contributed by atoms with Crippen LogP contribution < -0.4 is 11.1 Å². The van der Waals surface area contributed by atoms with Crippen LogP contribution in [0.3, 0.4) is 0 Å². The van der Waals surface area contributed by atoms with E-state index in [4.69, 9.17) is 5.73 Å². The molecule has 0 radical (unpaired) electrons. The van der Waals surface area contributed by atoms with Gasteiger partial charge in [0.15, 0.2) is 0 Å². The molecular weight excluding hydrogens is 300 g/mol. The van der Waals surface area contributed by atoms with Crippen molar-refractivity contribution >= 4 is 11.6 Å². The fourth-order valence-electron chi connectivity index (χ4n) is 3.38. The molecule has 24 heavy (non-hydrogen) atoms. The van der Waals surface area contributed by atoms with Crippen molar-refractivity contribution in [3.8, 4) is 5.69 Å². The molecule has 1 aliphatic rings. The van der Waals surface area contributed by atoms with Crippen molar-refractivity contribution in [2.75, 3.05) is 5.32 Å². The van der Waals surface area contributed by atoms with Crippen LogP contribution in [0.2, 0.25) is 0 Å². The lowest BCUT2D eigenvalue weighted by molar-refractivity contribution is -0.116. The lowest BCUT2D eigenvalue weighted by atomic mass is 9.93. The molecular formula is C19H26N4O. The lowest BCUT2D eigenvalue weighted by Gasteiger charge is -2.22. The Morgan fingerprint density at radius 2 is 1.92 bits per heavy atom. The van der Waals surface area contributed by atoms with Crippen molar-refractivity contribution in [2.45, 2.75) is 57.9 Å². The molecule has 0 saturated heterocycles. The van der Waals surface area contributed by atoms with E-state index in [-0.39, 0.29) is 11.4 Å². The fraction of sp³-hybridized carbons (Fsp3) is 0.474. The molecule has 128 valence electrons. The van der Waals surface area contributed by atoms with E-state index in [0.717, 1.165) is 42.0 Å². The van der Waals surface area contributed by atoms with E-state index in [1.807, 2.05) is 49.0 Å². The summed E-state index contributed by atoms with van der Waals surface area (Å²) < 4.78 is 2.04. The second-order valence-electron chi connectivity index (χ2n) is 6.95. The van der Waals surface area contributed by atoms with Crippen LogP contribution in [0.1, 0.15) is 49.9 Å². The van der Waals surface area contributed by atoms with Crippen LogP contribution in [0.15, 0.2) is 30.6 Å². The molecule has 1 amide bonds. The van der Waals surface area contributed by atoms with Crippen LogP contribution in [-0.2, 0) is 4.79 Å². The summed E-state index contributed by atoms with van der Waals surface area (Å²) in [6.07, 6.45) is 7.53. The Balaban J connectivity index is 1.58. The van der Waals surface area contributed by atoms with E-state index in [2.05, 4.69) is 10.3 Å². The number of rotatable bonds is 5. The zero-order chi connectivity index (χ0) is 17.2. The molecule has 0 aliphatic heterocycles. The van der Waals surface area contributed by atoms with Gasteiger partial charge in [-0.25, -0.2) is 4.98 Å². The van der Waals surface area contributed by atoms with Crippen LogP contribution in [-0.4, -0.2) is 21.0 Å². The van der Waals surface area contributed by atoms with Crippen molar-refractivity contribution in [3.05, 3.63) is 42.0 Å². The number of nitrogens with one attached hydrogen (secondary N) is 1. The average molecular weight is 326 g/mol. The van der Waals surface area contributed by atoms with Crippen LogP contribution in [0.5, 0.6) is 0 Å². The highest BCUT2D eigenvalue weighted by Gasteiger charge is 2.29. The lowest BCUT2D eigenvalue weighted by Crippen LogP contribution is -2.37. The number of carbonyl (C=O) groups excluding carboxylic acids is 1. The standard InChI is InChI=1S/C19H26N4O/c1-14-15(2)23(13-21-14)17-7-5-16(6-8-17)22-18(24)9-12-19(20)10-3-4-11-19/h5-8,13H,3-4,9-12,20H2,1-2H3,(H,22,24). The first-order valence-corrected chi connectivity index (χ1v) is 8.67. The zero-order valence-electron chi connectivity index (χ0n) is 14.5. The SMILES string of the molecule is Cc1ncn(-c2ccc(NC(=O)CCC3(N)CCCC3)cc2)c1C. The zero-order valence-corrected chi connectivity index (χ0v) is 14.5. The topological polar surface area (TPSA) is 72.9 Å². The third-order valence-electron chi connectivity index (χ3n) is 5.13. The predicted octanol–water partition coefficient (Wildman–Crippen LogP) is 3.48. The van der Waals surface area contributed by atoms with E-state index >= 15 is 0 Å². The predicted molar refractivity (Wildman–Crippen MR) is 96.3 cm³/mol. The first-order chi connectivity index (χ1) is 11.5. The summed E-state index contributed by atoms with van der Waals surface area (Å²) in [5.41, 5.74) is 10.2. The summed E-state index contributed by atoms with van der Waals surface area (Å²) in [4.78, 5) is 16.5. The van der Waals surface area contributed by atoms with Crippen LogP contribution in [0, 0.1) is 13.8 Å². The van der Waals surface area contributed by atoms with Gasteiger partial charge in [0, 0.05) is 29.0 Å². The number of hydrogen-bond acceptors (Lipinski definition) is 3. The summed E-state index contributed by atoms with van der Waals surface area (Å²) in [5.74, 6) is 0.0362. The normalized spacial score (nSPS) is 16.3. The van der Waals surface area contributed by atoms with Gasteiger partial charge < -0.3 is 15.6 Å². The number of nitrogens with two attached hydrogens (primary N) is 1. The number of anilines is 1. The van der Waals surface area contributed by atoms with Gasteiger partial charge in [-0.15, -0.1) is 0 Å². The highest BCUT2D eigenvalue weighted by atomic mass is 16.1. The average Bonchev–Trinajstić information content (AvgIpc) is 3.14. The van der Waals surface area contributed by atoms with Gasteiger partial charge in [0.05, 0.1) is 12.0 Å². The molecule has 3 N–H and O–H groups in total. The maximum atomic E-state index is 12.1. The second kappa shape index (κ2) is 6.77. The van der Waals surface area contributed by atoms with Gasteiger partial charge in [0.2, 0.25) is 5.91 Å². The highest BCUT2D eigenvalue weighted by molar-refractivity contribution is 5.90. The van der Waals surface area contributed by atoms with E-state index in [9.17, 15) is 4.79 Å². The van der Waals surface area contributed by atoms with E-state index < -0.39 is 0 Å². The first-order valence-electron chi connectivity index (χ1n) is 8.67. The first kappa shape index (κ1) is 16.7. The Bertz CT molecular complexity index is 711. The Hall–Kier alpha value is -2.14. The summed E-state index contributed by atoms with van der Waals surface area (Å²) in [6.45, 7) is 4.04. The third kappa shape index (κ3) is 3.67. The van der Waals surface area contributed by atoms with Crippen molar-refractivity contribution in [2.24, 2.45) is 5.73 Å². The Labute approximate surface area is 143 Å². The molecule has 0 unspecified atom stereocenters. The molecule has 0 atom stereocenters. The highest BCUT2D eigenvalue weighted by Crippen LogP contribution is 2.31. The van der Waals surface area contributed by atoms with Crippen molar-refractivity contribution in [1.82, 2.24) is 9.55 Å². The number of nitrogens with zero attached hydrogens (tertiary/aromatic N) is 2. The molecule has 3 rings (SSSR count). The molecule has 1 saturated carbocycles. The Kier molecular flexibility index (Phi) is 4.71. The van der Waals surface area contributed by atoms with Gasteiger partial charge in [-0.2, -0.15) is 0 Å². The van der Waals surface area contributed by atoms with Crippen LogP contribution >= 0.6 is 0 Å². The summed E-state index contributed by atoms with van der Waals surface area (Å²) in [7, 11) is 0. The maximum absolute atomic E-state index is 12.1. The van der Waals surface area contributed by atoms with Crippen LogP contribution in [0.25, 0.3) is 5.69 Å². The maximum Gasteiger partial charge on any atom is 0.224 e. The van der Waals surface area contributed by atoms with E-state index in [1.165, 1.54) is 12.8 Å². The van der Waals surface area contributed by atoms with Gasteiger partial charge in [-0.1, -0.05) is 12.8 Å². The monoisotopic (exact) mass is 326 g/mol. The number of imidazole rings is 1. The van der Waals surface area contributed by atoms with Crippen LogP contribution in [0.4, 0.5) is 5.69 Å². The number of carbonyl (C=O) groups is 1. The smallest absolute Gasteiger partial charge is 0.224 e. The molecule has 5 heteroatoms. The number of benzene rings is 1. The number of aromatic nitrogens is 2. The van der Waals surface area contributed by atoms with Gasteiger partial charge in [-0.3, -0.25) is 4.79 Å². The minimum Gasteiger partial charge on any atom is -0.326 e. The van der Waals surface area contributed by atoms with E-state index in [1.54, 1.807) is 0 Å². The number of aryl methyl sites for hydroxylation is 1. The Morgan fingerprint density at radius 3 is 2.50 bits per heavy atom. The molecule has 0 bridgehead atoms. The largest absolute Gasteiger partial charge is 0.326 e. The molecule has 1 heterocycles.